The van der Waals surface area contributed by atoms with E-state index < -0.39 is 36.3 Å². The molecule has 0 aromatic heterocycles. The highest BCUT2D eigenvalue weighted by molar-refractivity contribution is 6.48. The van der Waals surface area contributed by atoms with E-state index in [-0.39, 0.29) is 30.1 Å². The summed E-state index contributed by atoms with van der Waals surface area (Å²) in [6.07, 6.45) is 0.902. The molecule has 1 aliphatic heterocycles. The standard InChI is InChI=1S/C40H56BN3O7/c1-25(2)20-34(41-50-39(5,6)40(7,8)51-41)43-38(46)35(26(3)4)44-37(45)31(21-27-22-32(47-9)36(49-11)33(23-27)48-10)42-30-19-15-18-29(24-30)28-16-13-12-14-17-28/h12-19,22-26,31,34-35,42H,20-21H2,1-11H3,(H,43,46)(H,44,45). The highest BCUT2D eigenvalue weighted by atomic mass is 16.7. The monoisotopic (exact) mass is 701 g/mol. The number of carbonyl (C=O) groups excluding carboxylic acids is 2. The second-order valence-corrected chi connectivity index (χ2v) is 15.0. The van der Waals surface area contributed by atoms with Crippen molar-refractivity contribution >= 4 is 24.6 Å². The van der Waals surface area contributed by atoms with E-state index in [0.717, 1.165) is 22.4 Å². The Bertz CT molecular complexity index is 1590. The van der Waals surface area contributed by atoms with Crippen LogP contribution in [0.15, 0.2) is 66.7 Å². The number of amides is 2. The van der Waals surface area contributed by atoms with Crippen LogP contribution in [0.3, 0.4) is 0 Å². The van der Waals surface area contributed by atoms with Crippen molar-refractivity contribution in [2.75, 3.05) is 26.6 Å². The molecule has 3 aromatic rings. The maximum Gasteiger partial charge on any atom is 0.481 e. The Kier molecular flexibility index (Phi) is 13.1. The summed E-state index contributed by atoms with van der Waals surface area (Å²) < 4.78 is 29.4. The van der Waals surface area contributed by atoms with Crippen molar-refractivity contribution in [1.29, 1.82) is 0 Å². The molecule has 2 amide bonds. The van der Waals surface area contributed by atoms with Crippen LogP contribution >= 0.6 is 0 Å². The molecule has 3 unspecified atom stereocenters. The molecule has 0 spiro atoms. The molecule has 1 fully saturated rings. The molecule has 0 saturated carbocycles. The lowest BCUT2D eigenvalue weighted by Crippen LogP contribution is -2.58. The minimum absolute atomic E-state index is 0.213. The molecule has 3 atom stereocenters. The van der Waals surface area contributed by atoms with Crippen LogP contribution in [-0.4, -0.2) is 69.5 Å². The first-order valence-corrected chi connectivity index (χ1v) is 17.8. The fourth-order valence-corrected chi connectivity index (χ4v) is 6.18. The van der Waals surface area contributed by atoms with Gasteiger partial charge in [0.1, 0.15) is 12.1 Å². The number of ether oxygens (including phenoxy) is 3. The maximum atomic E-state index is 14.4. The molecule has 0 radical (unpaired) electrons. The molecule has 51 heavy (non-hydrogen) atoms. The first kappa shape index (κ1) is 39.6. The smallest absolute Gasteiger partial charge is 0.481 e. The van der Waals surface area contributed by atoms with E-state index in [9.17, 15) is 9.59 Å². The zero-order valence-electron chi connectivity index (χ0n) is 32.1. The summed E-state index contributed by atoms with van der Waals surface area (Å²) in [4.78, 5) is 28.4. The Morgan fingerprint density at radius 1 is 0.745 bits per heavy atom. The van der Waals surface area contributed by atoms with Crippen molar-refractivity contribution in [2.45, 2.75) is 97.5 Å². The quantitative estimate of drug-likeness (QED) is 0.141. The fourth-order valence-electron chi connectivity index (χ4n) is 6.18. The minimum atomic E-state index is -0.825. The molecular weight excluding hydrogens is 645 g/mol. The predicted octanol–water partition coefficient (Wildman–Crippen LogP) is 6.71. The van der Waals surface area contributed by atoms with Gasteiger partial charge in [-0.15, -0.1) is 0 Å². The summed E-state index contributed by atoms with van der Waals surface area (Å²) in [6, 6.07) is 20.0. The van der Waals surface area contributed by atoms with Gasteiger partial charge in [-0.05, 0) is 86.9 Å². The molecule has 1 aliphatic rings. The predicted molar refractivity (Wildman–Crippen MR) is 203 cm³/mol. The van der Waals surface area contributed by atoms with E-state index in [0.29, 0.717) is 23.7 Å². The molecule has 1 heterocycles. The fraction of sp³-hybridized carbons (Fsp3) is 0.500. The average Bonchev–Trinajstić information content (AvgIpc) is 3.31. The van der Waals surface area contributed by atoms with Gasteiger partial charge in [-0.1, -0.05) is 70.2 Å². The van der Waals surface area contributed by atoms with Gasteiger partial charge in [0, 0.05) is 12.1 Å². The molecule has 10 nitrogen and oxygen atoms in total. The highest BCUT2D eigenvalue weighted by Crippen LogP contribution is 2.39. The summed E-state index contributed by atoms with van der Waals surface area (Å²) in [6.45, 7) is 16.0. The van der Waals surface area contributed by atoms with Gasteiger partial charge in [-0.3, -0.25) is 9.59 Å². The lowest BCUT2D eigenvalue weighted by molar-refractivity contribution is -0.130. The van der Waals surface area contributed by atoms with Crippen LogP contribution in [-0.2, 0) is 25.3 Å². The van der Waals surface area contributed by atoms with Crippen LogP contribution in [0.2, 0.25) is 0 Å². The zero-order valence-corrected chi connectivity index (χ0v) is 32.1. The van der Waals surface area contributed by atoms with Crippen LogP contribution in [0.4, 0.5) is 5.69 Å². The van der Waals surface area contributed by atoms with Crippen molar-refractivity contribution in [3.05, 3.63) is 72.3 Å². The maximum absolute atomic E-state index is 14.4. The van der Waals surface area contributed by atoms with Crippen molar-refractivity contribution < 1.29 is 33.1 Å². The number of hydrogen-bond acceptors (Lipinski definition) is 8. The van der Waals surface area contributed by atoms with E-state index in [1.807, 2.05) is 108 Å². The first-order valence-electron chi connectivity index (χ1n) is 17.8. The molecule has 276 valence electrons. The zero-order chi connectivity index (χ0) is 37.5. The molecular formula is C40H56BN3O7. The number of hydrogen-bond donors (Lipinski definition) is 3. The van der Waals surface area contributed by atoms with Crippen molar-refractivity contribution in [3.63, 3.8) is 0 Å². The van der Waals surface area contributed by atoms with Crippen LogP contribution in [0.25, 0.3) is 11.1 Å². The van der Waals surface area contributed by atoms with Gasteiger partial charge in [-0.25, -0.2) is 0 Å². The van der Waals surface area contributed by atoms with E-state index >= 15 is 0 Å². The molecule has 0 bridgehead atoms. The van der Waals surface area contributed by atoms with Crippen LogP contribution in [0.5, 0.6) is 17.2 Å². The summed E-state index contributed by atoms with van der Waals surface area (Å²) in [5.74, 6) is 0.435. The Balaban J connectivity index is 1.64. The Labute approximate surface area is 304 Å². The number of anilines is 1. The van der Waals surface area contributed by atoms with E-state index in [1.54, 1.807) is 21.3 Å². The van der Waals surface area contributed by atoms with Crippen molar-refractivity contribution in [1.82, 2.24) is 10.6 Å². The van der Waals surface area contributed by atoms with Gasteiger partial charge < -0.3 is 39.5 Å². The Morgan fingerprint density at radius 3 is 1.86 bits per heavy atom. The molecule has 3 N–H and O–H groups in total. The second-order valence-electron chi connectivity index (χ2n) is 15.0. The van der Waals surface area contributed by atoms with E-state index in [2.05, 4.69) is 29.8 Å². The third-order valence-electron chi connectivity index (χ3n) is 9.69. The number of nitrogens with one attached hydrogen (secondary N) is 3. The molecule has 3 aromatic carbocycles. The molecule has 1 saturated heterocycles. The van der Waals surface area contributed by atoms with E-state index in [1.165, 1.54) is 0 Å². The number of rotatable bonds is 16. The lowest BCUT2D eigenvalue weighted by atomic mass is 9.73. The van der Waals surface area contributed by atoms with Gasteiger partial charge in [-0.2, -0.15) is 0 Å². The summed E-state index contributed by atoms with van der Waals surface area (Å²) in [7, 11) is 4.03. The first-order chi connectivity index (χ1) is 24.1. The largest absolute Gasteiger partial charge is 0.493 e. The summed E-state index contributed by atoms with van der Waals surface area (Å²) >= 11 is 0. The summed E-state index contributed by atoms with van der Waals surface area (Å²) in [5, 5.41) is 9.73. The van der Waals surface area contributed by atoms with Gasteiger partial charge in [0.05, 0.1) is 38.5 Å². The van der Waals surface area contributed by atoms with Gasteiger partial charge in [0.25, 0.3) is 0 Å². The molecule has 11 heteroatoms. The average molecular weight is 702 g/mol. The van der Waals surface area contributed by atoms with Crippen LogP contribution in [0, 0.1) is 11.8 Å². The Morgan fingerprint density at radius 2 is 1.33 bits per heavy atom. The number of methoxy groups -OCH3 is 3. The Hall–Kier alpha value is -4.22. The van der Waals surface area contributed by atoms with Gasteiger partial charge in [0.15, 0.2) is 11.5 Å². The van der Waals surface area contributed by atoms with Crippen molar-refractivity contribution in [2.24, 2.45) is 11.8 Å². The SMILES string of the molecule is COc1cc(CC(Nc2cccc(-c3ccccc3)c2)C(=O)NC(C(=O)NC(CC(C)C)B2OC(C)(C)C(C)(C)O2)C(C)C)cc(OC)c1OC. The minimum Gasteiger partial charge on any atom is -0.493 e. The van der Waals surface area contributed by atoms with Gasteiger partial charge in [0.2, 0.25) is 17.6 Å². The third-order valence-corrected chi connectivity index (χ3v) is 9.69. The second kappa shape index (κ2) is 16.9. The highest BCUT2D eigenvalue weighted by Gasteiger charge is 2.54. The number of carbonyl (C=O) groups is 2. The lowest BCUT2D eigenvalue weighted by Gasteiger charge is -2.32. The third kappa shape index (κ3) is 9.77. The number of benzene rings is 3. The summed E-state index contributed by atoms with van der Waals surface area (Å²) in [5.41, 5.74) is 2.50. The van der Waals surface area contributed by atoms with Crippen LogP contribution in [0.1, 0.15) is 67.4 Å². The molecule has 4 rings (SSSR count). The van der Waals surface area contributed by atoms with Gasteiger partial charge >= 0.3 is 7.12 Å². The topological polar surface area (TPSA) is 116 Å². The normalized spacial score (nSPS) is 16.7. The van der Waals surface area contributed by atoms with E-state index in [4.69, 9.17) is 23.5 Å². The van der Waals surface area contributed by atoms with Crippen LogP contribution < -0.4 is 30.2 Å². The van der Waals surface area contributed by atoms with Crippen molar-refractivity contribution in [3.8, 4) is 28.4 Å². The molecule has 0 aliphatic carbocycles.